The average Bonchev–Trinajstić information content (AvgIpc) is 2.83. The molecule has 0 saturated heterocycles. The Kier molecular flexibility index (Phi) is 8.94. The molecular formula is C26H24ClN3O4. The summed E-state index contributed by atoms with van der Waals surface area (Å²) in [6, 6.07) is 20.4. The molecule has 0 radical (unpaired) electrons. The number of hydroxylamine groups is 2. The lowest BCUT2D eigenvalue weighted by atomic mass is 10.1. The van der Waals surface area contributed by atoms with E-state index in [1.807, 2.05) is 30.3 Å². The Morgan fingerprint density at radius 2 is 1.74 bits per heavy atom. The third-order valence-electron chi connectivity index (χ3n) is 4.70. The van der Waals surface area contributed by atoms with Crippen LogP contribution >= 0.6 is 11.6 Å². The zero-order valence-corrected chi connectivity index (χ0v) is 19.3. The molecule has 0 unspecified atom stereocenters. The fraction of sp³-hybridized carbons (Fsp3) is 0.154. The lowest BCUT2D eigenvalue weighted by Crippen LogP contribution is -2.49. The first-order chi connectivity index (χ1) is 16.4. The van der Waals surface area contributed by atoms with Crippen LogP contribution in [0.25, 0.3) is 6.08 Å². The SMILES string of the molecule is CC(=O)ON(Cc1ccccc1)C(=O)[C@H](Cc1ccccn1)NC(=O)C=Cc1ccc(Cl)cc1. The first kappa shape index (κ1) is 24.7. The highest BCUT2D eigenvalue weighted by atomic mass is 35.5. The van der Waals surface area contributed by atoms with Crippen molar-refractivity contribution in [2.75, 3.05) is 0 Å². The van der Waals surface area contributed by atoms with Gasteiger partial charge in [0.15, 0.2) is 0 Å². The maximum Gasteiger partial charge on any atom is 0.329 e. The minimum atomic E-state index is -1.01. The van der Waals surface area contributed by atoms with Crippen molar-refractivity contribution in [1.29, 1.82) is 0 Å². The summed E-state index contributed by atoms with van der Waals surface area (Å²) in [7, 11) is 0. The van der Waals surface area contributed by atoms with Crippen LogP contribution in [0.3, 0.4) is 0 Å². The predicted octanol–water partition coefficient (Wildman–Crippen LogP) is 3.98. The monoisotopic (exact) mass is 477 g/mol. The van der Waals surface area contributed by atoms with Gasteiger partial charge in [0.1, 0.15) is 6.04 Å². The maximum atomic E-state index is 13.4. The summed E-state index contributed by atoms with van der Waals surface area (Å²) < 4.78 is 0. The Labute approximate surface area is 203 Å². The third-order valence-corrected chi connectivity index (χ3v) is 4.96. The smallest absolute Gasteiger partial charge is 0.329 e. The lowest BCUT2D eigenvalue weighted by Gasteiger charge is -2.26. The Bertz CT molecular complexity index is 1140. The van der Waals surface area contributed by atoms with Crippen molar-refractivity contribution in [2.45, 2.75) is 25.9 Å². The molecule has 0 aliphatic rings. The molecule has 1 N–H and O–H groups in total. The second-order valence-electron chi connectivity index (χ2n) is 7.41. The van der Waals surface area contributed by atoms with Gasteiger partial charge in [0.25, 0.3) is 5.91 Å². The number of hydrogen-bond acceptors (Lipinski definition) is 5. The summed E-state index contributed by atoms with van der Waals surface area (Å²) in [6.45, 7) is 1.25. The largest absolute Gasteiger partial charge is 0.340 e. The molecule has 1 atom stereocenters. The van der Waals surface area contributed by atoms with Crippen molar-refractivity contribution in [3.05, 3.63) is 107 Å². The van der Waals surface area contributed by atoms with Crippen LogP contribution < -0.4 is 5.32 Å². The van der Waals surface area contributed by atoms with Gasteiger partial charge in [-0.05, 0) is 41.5 Å². The number of nitrogens with one attached hydrogen (secondary N) is 1. The molecule has 0 aliphatic heterocycles. The van der Waals surface area contributed by atoms with E-state index < -0.39 is 23.8 Å². The van der Waals surface area contributed by atoms with Gasteiger partial charge in [-0.15, -0.1) is 0 Å². The van der Waals surface area contributed by atoms with Gasteiger partial charge in [-0.25, -0.2) is 0 Å². The number of hydrogen-bond donors (Lipinski definition) is 1. The highest BCUT2D eigenvalue weighted by molar-refractivity contribution is 6.30. The molecule has 3 rings (SSSR count). The molecule has 2 amide bonds. The third kappa shape index (κ3) is 7.86. The van der Waals surface area contributed by atoms with Gasteiger partial charge >= 0.3 is 5.97 Å². The van der Waals surface area contributed by atoms with Crippen LogP contribution in [0.15, 0.2) is 85.1 Å². The van der Waals surface area contributed by atoms with Gasteiger partial charge in [-0.3, -0.25) is 19.4 Å². The van der Waals surface area contributed by atoms with E-state index in [2.05, 4.69) is 10.3 Å². The molecular weight excluding hydrogens is 454 g/mol. The molecule has 0 spiro atoms. The van der Waals surface area contributed by atoms with E-state index in [1.54, 1.807) is 54.7 Å². The van der Waals surface area contributed by atoms with Crippen molar-refractivity contribution in [3.63, 3.8) is 0 Å². The van der Waals surface area contributed by atoms with Crippen LogP contribution in [0.4, 0.5) is 0 Å². The van der Waals surface area contributed by atoms with Gasteiger partial charge in [-0.1, -0.05) is 60.1 Å². The zero-order chi connectivity index (χ0) is 24.3. The van der Waals surface area contributed by atoms with Crippen LogP contribution in [0.2, 0.25) is 5.02 Å². The Morgan fingerprint density at radius 1 is 1.03 bits per heavy atom. The summed E-state index contributed by atoms with van der Waals surface area (Å²) in [5, 5.41) is 4.27. The quantitative estimate of drug-likeness (QED) is 0.391. The lowest BCUT2D eigenvalue weighted by molar-refractivity contribution is -0.200. The summed E-state index contributed by atoms with van der Waals surface area (Å²) in [5.74, 6) is -1.69. The van der Waals surface area contributed by atoms with Gasteiger partial charge in [0.05, 0.1) is 6.54 Å². The van der Waals surface area contributed by atoms with Gasteiger partial charge in [-0.2, -0.15) is 5.06 Å². The molecule has 7 nitrogen and oxygen atoms in total. The number of benzene rings is 2. The van der Waals surface area contributed by atoms with E-state index in [4.69, 9.17) is 16.4 Å². The van der Waals surface area contributed by atoms with E-state index in [-0.39, 0.29) is 13.0 Å². The standard InChI is InChI=1S/C26H24ClN3O4/c1-19(31)34-30(18-21-7-3-2-4-8-21)26(33)24(17-23-9-5-6-16-28-23)29-25(32)15-12-20-10-13-22(27)14-11-20/h2-16,24H,17-18H2,1H3,(H,29,32)/t24-/m0/s1. The fourth-order valence-electron chi connectivity index (χ4n) is 3.13. The van der Waals surface area contributed by atoms with E-state index >= 15 is 0 Å². The summed E-state index contributed by atoms with van der Waals surface area (Å²) in [5.41, 5.74) is 2.14. The number of halogens is 1. The maximum absolute atomic E-state index is 13.4. The van der Waals surface area contributed by atoms with Crippen molar-refractivity contribution < 1.29 is 19.2 Å². The van der Waals surface area contributed by atoms with Gasteiger partial charge < -0.3 is 10.2 Å². The number of rotatable bonds is 8. The Hall–Kier alpha value is -3.97. The molecule has 34 heavy (non-hydrogen) atoms. The molecule has 1 heterocycles. The molecule has 0 aliphatic carbocycles. The molecule has 174 valence electrons. The summed E-state index contributed by atoms with van der Waals surface area (Å²) >= 11 is 5.89. The molecule has 0 saturated carbocycles. The fourth-order valence-corrected chi connectivity index (χ4v) is 3.25. The van der Waals surface area contributed by atoms with Crippen LogP contribution in [0, 0.1) is 0 Å². The van der Waals surface area contributed by atoms with Crippen LogP contribution in [-0.2, 0) is 32.2 Å². The van der Waals surface area contributed by atoms with Gasteiger partial charge in [0, 0.05) is 36.3 Å². The van der Waals surface area contributed by atoms with Crippen molar-refractivity contribution >= 4 is 35.5 Å². The summed E-state index contributed by atoms with van der Waals surface area (Å²) in [4.78, 5) is 47.2. The zero-order valence-electron chi connectivity index (χ0n) is 18.6. The Morgan fingerprint density at radius 3 is 2.38 bits per heavy atom. The van der Waals surface area contributed by atoms with Crippen LogP contribution in [0.1, 0.15) is 23.7 Å². The van der Waals surface area contributed by atoms with Crippen molar-refractivity contribution in [3.8, 4) is 0 Å². The topological polar surface area (TPSA) is 88.6 Å². The Balaban J connectivity index is 1.80. The molecule has 1 aromatic heterocycles. The number of amides is 2. The number of carbonyl (C=O) groups is 3. The highest BCUT2D eigenvalue weighted by Crippen LogP contribution is 2.12. The number of pyridine rings is 1. The van der Waals surface area contributed by atoms with Crippen molar-refractivity contribution in [2.24, 2.45) is 0 Å². The van der Waals surface area contributed by atoms with Gasteiger partial charge in [0.2, 0.25) is 5.91 Å². The number of nitrogens with zero attached hydrogens (tertiary/aromatic N) is 2. The number of aromatic nitrogens is 1. The van der Waals surface area contributed by atoms with E-state index in [0.717, 1.165) is 16.2 Å². The summed E-state index contributed by atoms with van der Waals surface area (Å²) in [6.07, 6.45) is 4.66. The molecule has 0 bridgehead atoms. The second-order valence-corrected chi connectivity index (χ2v) is 7.85. The highest BCUT2D eigenvalue weighted by Gasteiger charge is 2.28. The normalized spacial score (nSPS) is 11.6. The predicted molar refractivity (Wildman–Crippen MR) is 129 cm³/mol. The second kappa shape index (κ2) is 12.3. The number of carbonyl (C=O) groups excluding carboxylic acids is 3. The molecule has 3 aromatic rings. The minimum Gasteiger partial charge on any atom is -0.340 e. The first-order valence-corrected chi connectivity index (χ1v) is 11.0. The van der Waals surface area contributed by atoms with E-state index in [1.165, 1.54) is 13.0 Å². The average molecular weight is 478 g/mol. The van der Waals surface area contributed by atoms with E-state index in [0.29, 0.717) is 10.7 Å². The molecule has 8 heteroatoms. The molecule has 0 fully saturated rings. The minimum absolute atomic E-state index is 0.0362. The van der Waals surface area contributed by atoms with E-state index in [9.17, 15) is 14.4 Å². The van der Waals surface area contributed by atoms with Crippen LogP contribution in [-0.4, -0.2) is 33.9 Å². The van der Waals surface area contributed by atoms with Crippen LogP contribution in [0.5, 0.6) is 0 Å². The molecule has 2 aromatic carbocycles. The first-order valence-electron chi connectivity index (χ1n) is 10.6. The van der Waals surface area contributed by atoms with Crippen molar-refractivity contribution in [1.82, 2.24) is 15.4 Å².